The van der Waals surface area contributed by atoms with Crippen molar-refractivity contribution >= 4 is 29.4 Å². The van der Waals surface area contributed by atoms with Gasteiger partial charge in [0, 0.05) is 4.90 Å². The SMILES string of the molecule is CC(=O)C(Cc1ccccc1)NC(=O)COC(=O)CSc1ccccc1C. The minimum atomic E-state index is -0.639. The van der Waals surface area contributed by atoms with Gasteiger partial charge in [0.1, 0.15) is 0 Å². The first kappa shape index (κ1) is 20.7. The first-order valence-electron chi connectivity index (χ1n) is 8.63. The van der Waals surface area contributed by atoms with E-state index in [1.165, 1.54) is 18.7 Å². The summed E-state index contributed by atoms with van der Waals surface area (Å²) in [4.78, 5) is 36.7. The van der Waals surface area contributed by atoms with Crippen LogP contribution in [0.15, 0.2) is 59.5 Å². The number of Topliss-reactive ketones (excluding diaryl/α,β-unsaturated/α-hetero) is 1. The Morgan fingerprint density at radius 2 is 1.70 bits per heavy atom. The Labute approximate surface area is 163 Å². The van der Waals surface area contributed by atoms with E-state index in [0.29, 0.717) is 6.42 Å². The predicted octanol–water partition coefficient (Wildman–Crippen LogP) is 2.95. The van der Waals surface area contributed by atoms with Gasteiger partial charge in [0.25, 0.3) is 5.91 Å². The third-order valence-corrected chi connectivity index (χ3v) is 5.06. The van der Waals surface area contributed by atoms with E-state index in [2.05, 4.69) is 5.32 Å². The van der Waals surface area contributed by atoms with Crippen LogP contribution in [0.1, 0.15) is 18.1 Å². The summed E-state index contributed by atoms with van der Waals surface area (Å²) in [5.41, 5.74) is 2.03. The second-order valence-corrected chi connectivity index (χ2v) is 7.15. The van der Waals surface area contributed by atoms with Crippen molar-refractivity contribution in [1.82, 2.24) is 5.32 Å². The van der Waals surface area contributed by atoms with Crippen LogP contribution in [-0.4, -0.2) is 36.1 Å². The summed E-state index contributed by atoms with van der Waals surface area (Å²) < 4.78 is 5.01. The molecule has 0 aliphatic heterocycles. The van der Waals surface area contributed by atoms with E-state index < -0.39 is 24.5 Å². The maximum atomic E-state index is 12.0. The molecule has 1 atom stereocenters. The van der Waals surface area contributed by atoms with Gasteiger partial charge in [-0.05, 0) is 37.5 Å². The molecule has 0 aromatic heterocycles. The molecule has 142 valence electrons. The van der Waals surface area contributed by atoms with E-state index >= 15 is 0 Å². The number of hydrogen-bond acceptors (Lipinski definition) is 5. The molecule has 1 N–H and O–H groups in total. The molecule has 0 fully saturated rings. The lowest BCUT2D eigenvalue weighted by Crippen LogP contribution is -2.43. The number of ether oxygens (including phenoxy) is 1. The number of rotatable bonds is 9. The van der Waals surface area contributed by atoms with Crippen molar-refractivity contribution < 1.29 is 19.1 Å². The topological polar surface area (TPSA) is 72.5 Å². The minimum absolute atomic E-state index is 0.123. The highest BCUT2D eigenvalue weighted by atomic mass is 32.2. The number of aryl methyl sites for hydroxylation is 1. The van der Waals surface area contributed by atoms with Crippen LogP contribution < -0.4 is 5.32 Å². The lowest BCUT2D eigenvalue weighted by atomic mass is 10.0. The average molecular weight is 385 g/mol. The van der Waals surface area contributed by atoms with Crippen LogP contribution in [-0.2, 0) is 25.5 Å². The van der Waals surface area contributed by atoms with Gasteiger partial charge < -0.3 is 10.1 Å². The van der Waals surface area contributed by atoms with Gasteiger partial charge in [-0.15, -0.1) is 11.8 Å². The molecule has 2 aromatic carbocycles. The van der Waals surface area contributed by atoms with Gasteiger partial charge in [-0.3, -0.25) is 14.4 Å². The molecule has 0 bridgehead atoms. The summed E-state index contributed by atoms with van der Waals surface area (Å²) in [6, 6.07) is 16.5. The standard InChI is InChI=1S/C21H23NO4S/c1-15-8-6-7-11-19(15)27-14-21(25)26-13-20(24)22-18(16(2)23)12-17-9-4-3-5-10-17/h3-11,18H,12-14H2,1-2H3,(H,22,24). The van der Waals surface area contributed by atoms with Gasteiger partial charge in [-0.2, -0.15) is 0 Å². The largest absolute Gasteiger partial charge is 0.455 e. The fourth-order valence-electron chi connectivity index (χ4n) is 2.42. The Balaban J connectivity index is 1.77. The Morgan fingerprint density at radius 1 is 1.04 bits per heavy atom. The zero-order chi connectivity index (χ0) is 19.6. The highest BCUT2D eigenvalue weighted by Crippen LogP contribution is 2.21. The van der Waals surface area contributed by atoms with Crippen molar-refractivity contribution in [2.24, 2.45) is 0 Å². The van der Waals surface area contributed by atoms with E-state index in [-0.39, 0.29) is 11.5 Å². The number of amides is 1. The molecule has 0 saturated carbocycles. The summed E-state index contributed by atoms with van der Waals surface area (Å²) in [5, 5.41) is 2.63. The number of nitrogens with one attached hydrogen (secondary N) is 1. The molecule has 0 saturated heterocycles. The molecule has 2 rings (SSSR count). The smallest absolute Gasteiger partial charge is 0.316 e. The molecule has 0 heterocycles. The van der Waals surface area contributed by atoms with E-state index in [9.17, 15) is 14.4 Å². The van der Waals surface area contributed by atoms with Crippen LogP contribution >= 0.6 is 11.8 Å². The monoisotopic (exact) mass is 385 g/mol. The summed E-state index contributed by atoms with van der Waals surface area (Å²) >= 11 is 1.37. The van der Waals surface area contributed by atoms with Gasteiger partial charge in [0.15, 0.2) is 12.4 Å². The van der Waals surface area contributed by atoms with Gasteiger partial charge in [0.2, 0.25) is 0 Å². The van der Waals surface area contributed by atoms with Gasteiger partial charge in [-0.1, -0.05) is 48.5 Å². The van der Waals surface area contributed by atoms with E-state index in [1.54, 1.807) is 0 Å². The van der Waals surface area contributed by atoms with E-state index in [1.807, 2.05) is 61.5 Å². The van der Waals surface area contributed by atoms with Gasteiger partial charge >= 0.3 is 5.97 Å². The number of hydrogen-bond donors (Lipinski definition) is 1. The van der Waals surface area contributed by atoms with E-state index in [0.717, 1.165) is 16.0 Å². The lowest BCUT2D eigenvalue weighted by molar-refractivity contribution is -0.146. The Hall–Kier alpha value is -2.60. The lowest BCUT2D eigenvalue weighted by Gasteiger charge is -2.16. The van der Waals surface area contributed by atoms with Crippen molar-refractivity contribution in [2.75, 3.05) is 12.4 Å². The quantitative estimate of drug-likeness (QED) is 0.531. The molecule has 6 heteroatoms. The second kappa shape index (κ2) is 10.5. The molecule has 0 radical (unpaired) electrons. The predicted molar refractivity (Wildman–Crippen MR) is 106 cm³/mol. The molecule has 0 spiro atoms. The van der Waals surface area contributed by atoms with Crippen molar-refractivity contribution in [2.45, 2.75) is 31.2 Å². The number of benzene rings is 2. The molecule has 27 heavy (non-hydrogen) atoms. The van der Waals surface area contributed by atoms with Crippen LogP contribution in [0, 0.1) is 6.92 Å². The fraction of sp³-hybridized carbons (Fsp3) is 0.286. The number of ketones is 1. The molecule has 2 aromatic rings. The summed E-state index contributed by atoms with van der Waals surface area (Å²) in [6.45, 7) is 3.00. The zero-order valence-corrected chi connectivity index (χ0v) is 16.3. The minimum Gasteiger partial charge on any atom is -0.455 e. The molecular weight excluding hydrogens is 362 g/mol. The van der Waals surface area contributed by atoms with Gasteiger partial charge in [-0.25, -0.2) is 0 Å². The molecule has 1 unspecified atom stereocenters. The van der Waals surface area contributed by atoms with Crippen molar-refractivity contribution in [3.05, 3.63) is 65.7 Å². The average Bonchev–Trinajstić information content (AvgIpc) is 2.66. The van der Waals surface area contributed by atoms with E-state index in [4.69, 9.17) is 4.74 Å². The molecule has 0 aliphatic carbocycles. The maximum Gasteiger partial charge on any atom is 0.316 e. The van der Waals surface area contributed by atoms with Crippen LogP contribution in [0.4, 0.5) is 0 Å². The normalized spacial score (nSPS) is 11.5. The van der Waals surface area contributed by atoms with Crippen molar-refractivity contribution in [1.29, 1.82) is 0 Å². The summed E-state index contributed by atoms with van der Waals surface area (Å²) in [6.07, 6.45) is 0.402. The van der Waals surface area contributed by atoms with Crippen LogP contribution in [0.25, 0.3) is 0 Å². The highest BCUT2D eigenvalue weighted by molar-refractivity contribution is 8.00. The second-order valence-electron chi connectivity index (χ2n) is 6.14. The molecule has 5 nitrogen and oxygen atoms in total. The Kier molecular flexibility index (Phi) is 8.07. The van der Waals surface area contributed by atoms with Crippen molar-refractivity contribution in [3.63, 3.8) is 0 Å². The molecular formula is C21H23NO4S. The third-order valence-electron chi connectivity index (χ3n) is 3.91. The fourth-order valence-corrected chi connectivity index (χ4v) is 3.25. The summed E-state index contributed by atoms with van der Waals surface area (Å²) in [5.74, 6) is -0.979. The van der Waals surface area contributed by atoms with Crippen molar-refractivity contribution in [3.8, 4) is 0 Å². The Bertz CT molecular complexity index is 792. The first-order chi connectivity index (χ1) is 13.0. The number of thioether (sulfide) groups is 1. The van der Waals surface area contributed by atoms with Crippen LogP contribution in [0.5, 0.6) is 0 Å². The number of carbonyl (C=O) groups excluding carboxylic acids is 3. The Morgan fingerprint density at radius 3 is 2.37 bits per heavy atom. The van der Waals surface area contributed by atoms with Gasteiger partial charge in [0.05, 0.1) is 11.8 Å². The zero-order valence-electron chi connectivity index (χ0n) is 15.4. The maximum absolute atomic E-state index is 12.0. The van der Waals surface area contributed by atoms with Crippen LogP contribution in [0.3, 0.4) is 0 Å². The van der Waals surface area contributed by atoms with Crippen LogP contribution in [0.2, 0.25) is 0 Å². The third kappa shape index (κ3) is 7.27. The highest BCUT2D eigenvalue weighted by Gasteiger charge is 2.18. The first-order valence-corrected chi connectivity index (χ1v) is 9.62. The number of carbonyl (C=O) groups is 3. The summed E-state index contributed by atoms with van der Waals surface area (Å²) in [7, 11) is 0. The molecule has 0 aliphatic rings. The molecule has 1 amide bonds. The number of esters is 1.